The Morgan fingerprint density at radius 2 is 2.03 bits per heavy atom. The molecule has 2 fully saturated rings. The first-order valence-electron chi connectivity index (χ1n) is 10.8. The number of hydrogen-bond donors (Lipinski definition) is 1. The van der Waals surface area contributed by atoms with E-state index in [-0.39, 0.29) is 22.9 Å². The van der Waals surface area contributed by atoms with E-state index in [0.29, 0.717) is 49.1 Å². The zero-order valence-corrected chi connectivity index (χ0v) is 18.4. The van der Waals surface area contributed by atoms with Crippen LogP contribution in [-0.4, -0.2) is 39.0 Å². The van der Waals surface area contributed by atoms with Gasteiger partial charge in [-0.3, -0.25) is 9.59 Å². The Morgan fingerprint density at radius 3 is 2.78 bits per heavy atom. The second kappa shape index (κ2) is 7.85. The Bertz CT molecular complexity index is 1220. The van der Waals surface area contributed by atoms with Crippen LogP contribution >= 0.6 is 11.6 Å². The Balaban J connectivity index is 1.25. The molecule has 9 heteroatoms. The third-order valence-corrected chi connectivity index (χ3v) is 7.05. The number of fused-ring (bicyclic) bond motifs is 1. The predicted molar refractivity (Wildman–Crippen MR) is 118 cm³/mol. The van der Waals surface area contributed by atoms with Gasteiger partial charge in [0.2, 0.25) is 5.91 Å². The van der Waals surface area contributed by atoms with Crippen LogP contribution in [0.25, 0.3) is 5.65 Å². The maximum atomic E-state index is 13.4. The van der Waals surface area contributed by atoms with E-state index in [0.717, 1.165) is 12.1 Å². The second-order valence-corrected chi connectivity index (χ2v) is 9.13. The van der Waals surface area contributed by atoms with Crippen molar-refractivity contribution in [1.82, 2.24) is 19.9 Å². The number of aromatic nitrogens is 3. The fourth-order valence-electron chi connectivity index (χ4n) is 4.91. The van der Waals surface area contributed by atoms with Crippen LogP contribution < -0.4 is 10.2 Å². The molecular formula is C23H23ClFN5O2. The van der Waals surface area contributed by atoms with Crippen LogP contribution in [-0.2, 0) is 4.79 Å². The summed E-state index contributed by atoms with van der Waals surface area (Å²) in [5, 5.41) is 7.54. The minimum Gasteiger partial charge on any atom is -0.349 e. The molecule has 1 saturated heterocycles. The summed E-state index contributed by atoms with van der Waals surface area (Å²) < 4.78 is 15.0. The van der Waals surface area contributed by atoms with Gasteiger partial charge >= 0.3 is 0 Å². The van der Waals surface area contributed by atoms with Crippen LogP contribution in [0.15, 0.2) is 36.7 Å². The van der Waals surface area contributed by atoms with E-state index >= 15 is 0 Å². The number of carbonyl (C=O) groups is 2. The summed E-state index contributed by atoms with van der Waals surface area (Å²) in [6.07, 6.45) is 6.87. The molecule has 5 rings (SSSR count). The Labute approximate surface area is 189 Å². The van der Waals surface area contributed by atoms with E-state index < -0.39 is 11.2 Å². The van der Waals surface area contributed by atoms with Crippen LogP contribution in [0.1, 0.15) is 48.2 Å². The summed E-state index contributed by atoms with van der Waals surface area (Å²) >= 11 is 6.19. The van der Waals surface area contributed by atoms with Crippen molar-refractivity contribution in [3.8, 4) is 0 Å². The standard InChI is InChI=1S/C23H23ClFN5O2/c1-14-6-10-30-20(27-14)17(13-26-30)21(31)28-16-4-7-23(8-5-16)9-11-29(22(23)32)19-3-2-15(25)12-18(19)24/h2-3,6,10,12-13,16H,4-5,7-9,11H2,1H3,(H,28,31)/t16-,23+. The number of anilines is 1. The predicted octanol–water partition coefficient (Wildman–Crippen LogP) is 3.93. The highest BCUT2D eigenvalue weighted by Gasteiger charge is 2.49. The summed E-state index contributed by atoms with van der Waals surface area (Å²) in [5.41, 5.74) is 1.91. The minimum absolute atomic E-state index is 0.0101. The summed E-state index contributed by atoms with van der Waals surface area (Å²) in [4.78, 5) is 32.2. The number of nitrogens with one attached hydrogen (secondary N) is 1. The first kappa shape index (κ1) is 20.9. The van der Waals surface area contributed by atoms with Gasteiger partial charge in [-0.15, -0.1) is 0 Å². The van der Waals surface area contributed by atoms with E-state index in [4.69, 9.17) is 11.6 Å². The number of carbonyl (C=O) groups excluding carboxylic acids is 2. The molecule has 0 atom stereocenters. The molecule has 1 aromatic carbocycles. The van der Waals surface area contributed by atoms with Gasteiger partial charge < -0.3 is 10.2 Å². The number of aryl methyl sites for hydroxylation is 1. The molecule has 1 spiro atoms. The Hall–Kier alpha value is -3.00. The van der Waals surface area contributed by atoms with Crippen molar-refractivity contribution in [2.45, 2.75) is 45.1 Å². The topological polar surface area (TPSA) is 79.6 Å². The molecule has 2 aromatic heterocycles. The first-order valence-corrected chi connectivity index (χ1v) is 11.1. The van der Waals surface area contributed by atoms with Crippen molar-refractivity contribution in [2.75, 3.05) is 11.4 Å². The Kier molecular flexibility index (Phi) is 5.12. The van der Waals surface area contributed by atoms with Gasteiger partial charge in [0.15, 0.2) is 5.65 Å². The van der Waals surface area contributed by atoms with Crippen molar-refractivity contribution >= 4 is 34.7 Å². The number of hydrogen-bond acceptors (Lipinski definition) is 4. The van der Waals surface area contributed by atoms with Gasteiger partial charge in [0.05, 0.1) is 22.3 Å². The normalized spacial score (nSPS) is 23.3. The van der Waals surface area contributed by atoms with E-state index in [1.807, 2.05) is 13.0 Å². The number of nitrogens with zero attached hydrogens (tertiary/aromatic N) is 4. The quantitative estimate of drug-likeness (QED) is 0.649. The zero-order chi connectivity index (χ0) is 22.5. The van der Waals surface area contributed by atoms with Gasteiger partial charge in [-0.05, 0) is 63.3 Å². The van der Waals surface area contributed by atoms with Crippen molar-refractivity contribution < 1.29 is 14.0 Å². The average Bonchev–Trinajstić information content (AvgIpc) is 3.32. The fourth-order valence-corrected chi connectivity index (χ4v) is 5.18. The van der Waals surface area contributed by atoms with Gasteiger partial charge in [0.25, 0.3) is 5.91 Å². The lowest BCUT2D eigenvalue weighted by atomic mass is 9.71. The highest BCUT2D eigenvalue weighted by atomic mass is 35.5. The van der Waals surface area contributed by atoms with E-state index in [1.54, 1.807) is 21.7 Å². The first-order chi connectivity index (χ1) is 15.4. The van der Waals surface area contributed by atoms with Crippen molar-refractivity contribution in [3.63, 3.8) is 0 Å². The molecule has 2 amide bonds. The molecule has 166 valence electrons. The number of rotatable bonds is 3. The summed E-state index contributed by atoms with van der Waals surface area (Å²) in [6.45, 7) is 2.44. The molecule has 32 heavy (non-hydrogen) atoms. The molecule has 2 aliphatic rings. The van der Waals surface area contributed by atoms with Crippen molar-refractivity contribution in [2.24, 2.45) is 5.41 Å². The number of amides is 2. The highest BCUT2D eigenvalue weighted by molar-refractivity contribution is 6.34. The van der Waals surface area contributed by atoms with Crippen molar-refractivity contribution in [1.29, 1.82) is 0 Å². The average molecular weight is 456 g/mol. The molecular weight excluding hydrogens is 433 g/mol. The van der Waals surface area contributed by atoms with Crippen LogP contribution in [0.4, 0.5) is 10.1 Å². The lowest BCUT2D eigenvalue weighted by Crippen LogP contribution is -2.44. The summed E-state index contributed by atoms with van der Waals surface area (Å²) in [6, 6.07) is 5.95. The molecule has 0 radical (unpaired) electrons. The van der Waals surface area contributed by atoms with E-state index in [1.165, 1.54) is 18.3 Å². The molecule has 1 aliphatic carbocycles. The zero-order valence-electron chi connectivity index (χ0n) is 17.6. The maximum absolute atomic E-state index is 13.4. The lowest BCUT2D eigenvalue weighted by Gasteiger charge is -2.36. The van der Waals surface area contributed by atoms with Gasteiger partial charge in [-0.25, -0.2) is 13.9 Å². The van der Waals surface area contributed by atoms with Gasteiger partial charge in [0.1, 0.15) is 11.4 Å². The third-order valence-electron chi connectivity index (χ3n) is 6.74. The molecule has 1 saturated carbocycles. The summed E-state index contributed by atoms with van der Waals surface area (Å²) in [7, 11) is 0. The molecule has 3 aromatic rings. The monoisotopic (exact) mass is 455 g/mol. The third kappa shape index (κ3) is 3.52. The fraction of sp³-hybridized carbons (Fsp3) is 0.391. The Morgan fingerprint density at radius 1 is 1.25 bits per heavy atom. The van der Waals surface area contributed by atoms with Gasteiger partial charge in [-0.2, -0.15) is 5.10 Å². The largest absolute Gasteiger partial charge is 0.349 e. The SMILES string of the molecule is Cc1ccn2ncc(C(=O)N[C@H]3CC[C@]4(CCN(c5ccc(F)cc5Cl)C4=O)CC3)c2n1. The minimum atomic E-state index is -0.442. The van der Waals surface area contributed by atoms with Gasteiger partial charge in [0, 0.05) is 24.5 Å². The maximum Gasteiger partial charge on any atom is 0.256 e. The summed E-state index contributed by atoms with van der Waals surface area (Å²) in [5.74, 6) is -0.581. The van der Waals surface area contributed by atoms with E-state index in [9.17, 15) is 14.0 Å². The van der Waals surface area contributed by atoms with E-state index in [2.05, 4.69) is 15.4 Å². The molecule has 3 heterocycles. The molecule has 0 unspecified atom stereocenters. The molecule has 1 N–H and O–H groups in total. The van der Waals surface area contributed by atoms with Crippen LogP contribution in [0, 0.1) is 18.2 Å². The highest BCUT2D eigenvalue weighted by Crippen LogP contribution is 2.47. The van der Waals surface area contributed by atoms with Gasteiger partial charge in [-0.1, -0.05) is 11.6 Å². The molecule has 7 nitrogen and oxygen atoms in total. The van der Waals surface area contributed by atoms with Crippen molar-refractivity contribution in [3.05, 3.63) is 58.8 Å². The molecule has 1 aliphatic heterocycles. The smallest absolute Gasteiger partial charge is 0.256 e. The second-order valence-electron chi connectivity index (χ2n) is 8.73. The lowest BCUT2D eigenvalue weighted by molar-refractivity contribution is -0.127. The van der Waals surface area contributed by atoms with Crippen LogP contribution in [0.5, 0.6) is 0 Å². The van der Waals surface area contributed by atoms with Crippen LogP contribution in [0.2, 0.25) is 5.02 Å². The molecule has 0 bridgehead atoms. The number of benzene rings is 1. The van der Waals surface area contributed by atoms with Crippen LogP contribution in [0.3, 0.4) is 0 Å². The number of halogens is 2.